The molecule has 3 fully saturated rings. The number of aryl methyl sites for hydroxylation is 2. The van der Waals surface area contributed by atoms with Gasteiger partial charge >= 0.3 is 0 Å². The van der Waals surface area contributed by atoms with E-state index in [9.17, 15) is 9.59 Å². The normalized spacial score (nSPS) is 29.2. The van der Waals surface area contributed by atoms with Crippen molar-refractivity contribution in [3.8, 4) is 0 Å². The van der Waals surface area contributed by atoms with Crippen LogP contribution in [0.1, 0.15) is 61.9 Å². The molecule has 3 N–H and O–H groups in total. The summed E-state index contributed by atoms with van der Waals surface area (Å²) in [5.41, 5.74) is 3.68. The predicted molar refractivity (Wildman–Crippen MR) is 124 cm³/mol. The Kier molecular flexibility index (Phi) is 8.27. The Bertz CT molecular complexity index is 786. The van der Waals surface area contributed by atoms with E-state index in [0.717, 1.165) is 44.5 Å². The van der Waals surface area contributed by atoms with Crippen molar-refractivity contribution >= 4 is 36.6 Å². The number of aromatic amines is 1. The molecule has 4 atom stereocenters. The highest BCUT2D eigenvalue weighted by Crippen LogP contribution is 2.39. The molecule has 0 saturated carbocycles. The summed E-state index contributed by atoms with van der Waals surface area (Å²) in [5.74, 6) is 1.39. The fraction of sp³-hybridized carbons (Fsp3) is 0.773. The average Bonchev–Trinajstić information content (AvgIpc) is 3.16. The zero-order chi connectivity index (χ0) is 19.8. The maximum absolute atomic E-state index is 12.7. The lowest BCUT2D eigenvalue weighted by atomic mass is 9.72. The summed E-state index contributed by atoms with van der Waals surface area (Å²) in [4.78, 5) is 27.5. The van der Waals surface area contributed by atoms with E-state index in [-0.39, 0.29) is 36.8 Å². The number of hydrogen-bond donors (Lipinski definition) is 3. The van der Waals surface area contributed by atoms with E-state index in [4.69, 9.17) is 0 Å². The predicted octanol–water partition coefficient (Wildman–Crippen LogP) is 2.17. The number of piperidine rings is 3. The molecule has 7 nitrogen and oxygen atoms in total. The molecule has 4 aliphatic rings. The number of hydrogen-bond acceptors (Lipinski definition) is 4. The minimum absolute atomic E-state index is 0. The van der Waals surface area contributed by atoms with Gasteiger partial charge in [-0.2, -0.15) is 5.10 Å². The second kappa shape index (κ2) is 10.5. The molecule has 0 spiro atoms. The van der Waals surface area contributed by atoms with Crippen molar-refractivity contribution in [3.63, 3.8) is 0 Å². The lowest BCUT2D eigenvalue weighted by Gasteiger charge is -2.54. The Morgan fingerprint density at radius 1 is 1.10 bits per heavy atom. The van der Waals surface area contributed by atoms with Gasteiger partial charge in [0.2, 0.25) is 11.8 Å². The van der Waals surface area contributed by atoms with E-state index < -0.39 is 0 Å². The van der Waals surface area contributed by atoms with E-state index in [0.29, 0.717) is 49.6 Å². The number of carbonyl (C=O) groups excluding carboxylic acids is 2. The van der Waals surface area contributed by atoms with Crippen LogP contribution in [0.2, 0.25) is 0 Å². The molecule has 9 heteroatoms. The fourth-order valence-corrected chi connectivity index (χ4v) is 6.19. The third-order valence-corrected chi connectivity index (χ3v) is 7.64. The van der Waals surface area contributed by atoms with Crippen LogP contribution < -0.4 is 10.6 Å². The summed E-state index contributed by atoms with van der Waals surface area (Å²) in [6, 6.07) is 0.497. The molecule has 3 saturated heterocycles. The molecule has 4 heterocycles. The lowest BCUT2D eigenvalue weighted by Crippen LogP contribution is -2.66. The van der Waals surface area contributed by atoms with Gasteiger partial charge in [-0.25, -0.2) is 0 Å². The molecule has 0 unspecified atom stereocenters. The van der Waals surface area contributed by atoms with Crippen LogP contribution in [-0.2, 0) is 28.9 Å². The van der Waals surface area contributed by atoms with Gasteiger partial charge in [-0.1, -0.05) is 0 Å². The number of rotatable bonds is 5. The fourth-order valence-electron chi connectivity index (χ4n) is 6.19. The maximum atomic E-state index is 12.7. The van der Waals surface area contributed by atoms with Crippen molar-refractivity contribution in [3.05, 3.63) is 17.0 Å². The number of nitrogens with zero attached hydrogens (tertiary/aromatic N) is 2. The van der Waals surface area contributed by atoms with Crippen LogP contribution in [0, 0.1) is 11.8 Å². The van der Waals surface area contributed by atoms with E-state index in [1.807, 2.05) is 0 Å². The maximum Gasteiger partial charge on any atom is 0.223 e. The van der Waals surface area contributed by atoms with Gasteiger partial charge in [0.1, 0.15) is 0 Å². The van der Waals surface area contributed by atoms with Crippen molar-refractivity contribution in [2.45, 2.75) is 76.3 Å². The van der Waals surface area contributed by atoms with Crippen LogP contribution in [0.25, 0.3) is 0 Å². The minimum Gasteiger partial charge on any atom is -0.354 e. The Morgan fingerprint density at radius 2 is 1.90 bits per heavy atom. The van der Waals surface area contributed by atoms with Crippen molar-refractivity contribution in [2.24, 2.45) is 11.8 Å². The molecule has 0 radical (unpaired) electrons. The van der Waals surface area contributed by atoms with E-state index in [1.54, 1.807) is 0 Å². The van der Waals surface area contributed by atoms with Gasteiger partial charge in [-0.3, -0.25) is 14.7 Å². The molecular weight excluding hydrogens is 437 g/mol. The van der Waals surface area contributed by atoms with Gasteiger partial charge in [0.05, 0.1) is 11.7 Å². The highest BCUT2D eigenvalue weighted by atomic mass is 35.5. The molecule has 5 rings (SSSR count). The first-order valence-electron chi connectivity index (χ1n) is 11.5. The Morgan fingerprint density at radius 3 is 2.77 bits per heavy atom. The number of fused-ring (bicyclic) bond motifs is 5. The van der Waals surface area contributed by atoms with Gasteiger partial charge in [0.25, 0.3) is 0 Å². The van der Waals surface area contributed by atoms with Crippen LogP contribution in [0.4, 0.5) is 0 Å². The lowest BCUT2D eigenvalue weighted by molar-refractivity contribution is -0.149. The highest BCUT2D eigenvalue weighted by molar-refractivity contribution is 5.85. The number of amides is 2. The summed E-state index contributed by atoms with van der Waals surface area (Å²) in [7, 11) is 0. The zero-order valence-electron chi connectivity index (χ0n) is 18.0. The molecular formula is C22H35Cl2N5O2. The largest absolute Gasteiger partial charge is 0.354 e. The van der Waals surface area contributed by atoms with E-state index in [1.165, 1.54) is 30.5 Å². The number of H-pyrrole nitrogens is 1. The van der Waals surface area contributed by atoms with Crippen LogP contribution in [0.3, 0.4) is 0 Å². The molecule has 3 aliphatic heterocycles. The summed E-state index contributed by atoms with van der Waals surface area (Å²) in [6.07, 6.45) is 9.73. The highest BCUT2D eigenvalue weighted by Gasteiger charge is 2.47. The van der Waals surface area contributed by atoms with Crippen LogP contribution in [0.5, 0.6) is 0 Å². The number of carbonyl (C=O) groups is 2. The summed E-state index contributed by atoms with van der Waals surface area (Å²) >= 11 is 0. The molecule has 1 aromatic rings. The molecule has 31 heavy (non-hydrogen) atoms. The van der Waals surface area contributed by atoms with Crippen LogP contribution in [-0.4, -0.2) is 58.6 Å². The Labute approximate surface area is 196 Å². The van der Waals surface area contributed by atoms with Gasteiger partial charge < -0.3 is 15.5 Å². The van der Waals surface area contributed by atoms with E-state index in [2.05, 4.69) is 25.7 Å². The SMILES string of the molecule is Cl.Cl.O=C(CCc1n[nH]c2c1CCCC2)NC[C@H]1[C@@H]2CNC[C@@H](C2)[C@@H]2CCCC(=O)N21. The second-order valence-corrected chi connectivity index (χ2v) is 9.38. The average molecular weight is 472 g/mol. The minimum atomic E-state index is 0. The molecule has 2 amide bonds. The smallest absolute Gasteiger partial charge is 0.223 e. The Hall–Kier alpha value is -1.31. The molecule has 174 valence electrons. The summed E-state index contributed by atoms with van der Waals surface area (Å²) in [5, 5.41) is 14.3. The zero-order valence-corrected chi connectivity index (χ0v) is 19.7. The van der Waals surface area contributed by atoms with Crippen molar-refractivity contribution in [1.82, 2.24) is 25.7 Å². The topological polar surface area (TPSA) is 90.1 Å². The quantitative estimate of drug-likeness (QED) is 0.613. The first-order chi connectivity index (χ1) is 14.2. The number of halogens is 2. The number of aromatic nitrogens is 2. The van der Waals surface area contributed by atoms with Crippen molar-refractivity contribution in [1.29, 1.82) is 0 Å². The van der Waals surface area contributed by atoms with Crippen LogP contribution >= 0.6 is 24.8 Å². The second-order valence-electron chi connectivity index (χ2n) is 9.38. The first-order valence-corrected chi connectivity index (χ1v) is 11.5. The standard InChI is InChI=1S/C22H33N5O2.2ClH/c28-21(9-8-18-16-4-1-2-5-17(16)25-26-18)24-13-20-15-10-14(11-23-12-15)19-6-3-7-22(29)27(19)20;;/h14-15,19-20,23H,1-13H2,(H,24,28)(H,25,26);2*1H/t14-,15+,19+,20+;;/m1../s1. The van der Waals surface area contributed by atoms with Crippen LogP contribution in [0.15, 0.2) is 0 Å². The molecule has 1 aromatic heterocycles. The third-order valence-electron chi connectivity index (χ3n) is 7.64. The molecule has 1 aliphatic carbocycles. The van der Waals surface area contributed by atoms with Gasteiger partial charge in [0.15, 0.2) is 0 Å². The van der Waals surface area contributed by atoms with Gasteiger partial charge in [-0.05, 0) is 68.9 Å². The van der Waals surface area contributed by atoms with E-state index >= 15 is 0 Å². The third kappa shape index (κ3) is 4.88. The summed E-state index contributed by atoms with van der Waals surface area (Å²) < 4.78 is 0. The molecule has 0 aromatic carbocycles. The summed E-state index contributed by atoms with van der Waals surface area (Å²) in [6.45, 7) is 2.56. The Balaban J connectivity index is 0.00000136. The van der Waals surface area contributed by atoms with Gasteiger partial charge in [-0.15, -0.1) is 24.8 Å². The van der Waals surface area contributed by atoms with Crippen molar-refractivity contribution in [2.75, 3.05) is 19.6 Å². The number of nitrogens with one attached hydrogen (secondary N) is 3. The monoisotopic (exact) mass is 471 g/mol. The van der Waals surface area contributed by atoms with Crippen molar-refractivity contribution < 1.29 is 9.59 Å². The van der Waals surface area contributed by atoms with Gasteiger partial charge in [0, 0.05) is 44.1 Å². The first kappa shape index (κ1) is 24.3. The molecule has 2 bridgehead atoms.